The van der Waals surface area contributed by atoms with E-state index in [1.807, 2.05) is 43.0 Å². The summed E-state index contributed by atoms with van der Waals surface area (Å²) < 4.78 is 11.3. The van der Waals surface area contributed by atoms with Gasteiger partial charge in [0.05, 0.1) is 13.2 Å². The first-order valence-corrected chi connectivity index (χ1v) is 10.2. The third-order valence-corrected chi connectivity index (χ3v) is 4.92. The first-order valence-electron chi connectivity index (χ1n) is 10.2. The van der Waals surface area contributed by atoms with E-state index in [9.17, 15) is 4.79 Å². The van der Waals surface area contributed by atoms with Crippen molar-refractivity contribution in [2.45, 2.75) is 26.8 Å². The number of carbonyl (C=O) groups excluding carboxylic acids is 1. The molecule has 1 amide bonds. The van der Waals surface area contributed by atoms with Gasteiger partial charge in [0.2, 0.25) is 0 Å². The maximum Gasteiger partial charge on any atom is 0.254 e. The predicted molar refractivity (Wildman–Crippen MR) is 111 cm³/mol. The minimum atomic E-state index is 0.0607. The van der Waals surface area contributed by atoms with E-state index in [4.69, 9.17) is 9.47 Å². The van der Waals surface area contributed by atoms with Crippen molar-refractivity contribution < 1.29 is 14.3 Å². The van der Waals surface area contributed by atoms with Gasteiger partial charge in [-0.1, -0.05) is 30.3 Å². The molecule has 1 aliphatic rings. The van der Waals surface area contributed by atoms with Gasteiger partial charge in [-0.25, -0.2) is 0 Å². The van der Waals surface area contributed by atoms with Crippen molar-refractivity contribution in [3.05, 3.63) is 59.7 Å². The molecule has 5 heteroatoms. The van der Waals surface area contributed by atoms with E-state index in [0.717, 1.165) is 39.1 Å². The molecule has 150 valence electrons. The molecule has 1 fully saturated rings. The molecule has 0 bridgehead atoms. The molecule has 3 rings (SSSR count). The summed E-state index contributed by atoms with van der Waals surface area (Å²) in [4.78, 5) is 17.4. The second kappa shape index (κ2) is 10.1. The fourth-order valence-corrected chi connectivity index (χ4v) is 3.54. The maximum absolute atomic E-state index is 13.1. The molecule has 0 spiro atoms. The quantitative estimate of drug-likeness (QED) is 0.730. The Kier molecular flexibility index (Phi) is 7.31. The molecule has 28 heavy (non-hydrogen) atoms. The van der Waals surface area contributed by atoms with Crippen LogP contribution in [0.3, 0.4) is 0 Å². The van der Waals surface area contributed by atoms with E-state index in [0.29, 0.717) is 30.3 Å². The van der Waals surface area contributed by atoms with Crippen molar-refractivity contribution in [2.24, 2.45) is 0 Å². The van der Waals surface area contributed by atoms with Crippen LogP contribution in [0.2, 0.25) is 0 Å². The molecule has 1 aliphatic heterocycles. The zero-order valence-corrected chi connectivity index (χ0v) is 16.9. The summed E-state index contributed by atoms with van der Waals surface area (Å²) >= 11 is 0. The number of benzene rings is 2. The topological polar surface area (TPSA) is 42.0 Å². The van der Waals surface area contributed by atoms with Gasteiger partial charge in [0.15, 0.2) is 11.5 Å². The Bertz CT molecular complexity index is 764. The zero-order valence-electron chi connectivity index (χ0n) is 16.9. The van der Waals surface area contributed by atoms with Crippen molar-refractivity contribution >= 4 is 5.91 Å². The van der Waals surface area contributed by atoms with Gasteiger partial charge in [-0.3, -0.25) is 9.69 Å². The smallest absolute Gasteiger partial charge is 0.254 e. The van der Waals surface area contributed by atoms with Crippen LogP contribution >= 0.6 is 0 Å². The van der Waals surface area contributed by atoms with Gasteiger partial charge in [0, 0.05) is 38.3 Å². The van der Waals surface area contributed by atoms with Gasteiger partial charge < -0.3 is 14.4 Å². The average Bonchev–Trinajstić information content (AvgIpc) is 2.95. The van der Waals surface area contributed by atoms with Crippen LogP contribution < -0.4 is 9.47 Å². The molecule has 1 saturated heterocycles. The van der Waals surface area contributed by atoms with Gasteiger partial charge in [0.1, 0.15) is 0 Å². The van der Waals surface area contributed by atoms with Crippen LogP contribution in [0.25, 0.3) is 0 Å². The van der Waals surface area contributed by atoms with Crippen LogP contribution in [0.15, 0.2) is 48.5 Å². The van der Waals surface area contributed by atoms with E-state index in [1.165, 1.54) is 5.56 Å². The average molecular weight is 383 g/mol. The third kappa shape index (κ3) is 5.26. The normalized spacial score (nSPS) is 15.1. The Labute approximate surface area is 167 Å². The monoisotopic (exact) mass is 382 g/mol. The Morgan fingerprint density at radius 3 is 2.39 bits per heavy atom. The number of hydrogen-bond acceptors (Lipinski definition) is 4. The van der Waals surface area contributed by atoms with Crippen LogP contribution in [-0.4, -0.2) is 55.1 Å². The largest absolute Gasteiger partial charge is 0.490 e. The molecule has 0 N–H and O–H groups in total. The lowest BCUT2D eigenvalue weighted by Gasteiger charge is -2.22. The van der Waals surface area contributed by atoms with E-state index in [2.05, 4.69) is 29.2 Å². The van der Waals surface area contributed by atoms with Crippen molar-refractivity contribution in [3.8, 4) is 11.5 Å². The Morgan fingerprint density at radius 2 is 1.64 bits per heavy atom. The number of hydrogen-bond donors (Lipinski definition) is 0. The lowest BCUT2D eigenvalue weighted by Crippen LogP contribution is -2.35. The summed E-state index contributed by atoms with van der Waals surface area (Å²) in [5, 5.41) is 0. The third-order valence-electron chi connectivity index (χ3n) is 4.92. The van der Waals surface area contributed by atoms with Gasteiger partial charge in [-0.2, -0.15) is 0 Å². The predicted octanol–water partition coefficient (Wildman–Crippen LogP) is 3.83. The second-order valence-corrected chi connectivity index (χ2v) is 6.94. The van der Waals surface area contributed by atoms with Gasteiger partial charge in [0.25, 0.3) is 5.91 Å². The summed E-state index contributed by atoms with van der Waals surface area (Å²) in [6, 6.07) is 16.0. The number of rotatable bonds is 7. The van der Waals surface area contributed by atoms with Crippen LogP contribution in [0.4, 0.5) is 0 Å². The van der Waals surface area contributed by atoms with Crippen molar-refractivity contribution in [3.63, 3.8) is 0 Å². The standard InChI is InChI=1S/C23H30N2O3/c1-3-27-21-12-11-20(17-22(21)28-4-2)23(26)25-14-8-13-24(15-16-25)18-19-9-6-5-7-10-19/h5-7,9-12,17H,3-4,8,13-16,18H2,1-2H3. The van der Waals surface area contributed by atoms with Crippen LogP contribution in [-0.2, 0) is 6.54 Å². The number of carbonyl (C=O) groups is 1. The SMILES string of the molecule is CCOc1ccc(C(=O)N2CCCN(Cc3ccccc3)CC2)cc1OCC. The second-order valence-electron chi connectivity index (χ2n) is 6.94. The zero-order chi connectivity index (χ0) is 19.8. The van der Waals surface area contributed by atoms with Crippen LogP contribution in [0.1, 0.15) is 36.2 Å². The molecule has 0 unspecified atom stereocenters. The van der Waals surface area contributed by atoms with Crippen LogP contribution in [0, 0.1) is 0 Å². The van der Waals surface area contributed by atoms with E-state index in [-0.39, 0.29) is 5.91 Å². The minimum Gasteiger partial charge on any atom is -0.490 e. The van der Waals surface area contributed by atoms with E-state index in [1.54, 1.807) is 0 Å². The van der Waals surface area contributed by atoms with Crippen molar-refractivity contribution in [1.82, 2.24) is 9.80 Å². The molecular formula is C23H30N2O3. The van der Waals surface area contributed by atoms with Gasteiger partial charge in [-0.05, 0) is 44.0 Å². The molecule has 0 saturated carbocycles. The van der Waals surface area contributed by atoms with Gasteiger partial charge in [-0.15, -0.1) is 0 Å². The fourth-order valence-electron chi connectivity index (χ4n) is 3.54. The van der Waals surface area contributed by atoms with Gasteiger partial charge >= 0.3 is 0 Å². The lowest BCUT2D eigenvalue weighted by molar-refractivity contribution is 0.0760. The van der Waals surface area contributed by atoms with E-state index >= 15 is 0 Å². The summed E-state index contributed by atoms with van der Waals surface area (Å²) in [5.41, 5.74) is 1.97. The van der Waals surface area contributed by atoms with E-state index < -0.39 is 0 Å². The number of nitrogens with zero attached hydrogens (tertiary/aromatic N) is 2. The highest BCUT2D eigenvalue weighted by Gasteiger charge is 2.21. The Hall–Kier alpha value is -2.53. The first kappa shape index (κ1) is 20.2. The Morgan fingerprint density at radius 1 is 0.893 bits per heavy atom. The molecule has 2 aromatic rings. The summed E-state index contributed by atoms with van der Waals surface area (Å²) in [6.07, 6.45) is 0.980. The van der Waals surface area contributed by atoms with Crippen molar-refractivity contribution in [2.75, 3.05) is 39.4 Å². The highest BCUT2D eigenvalue weighted by atomic mass is 16.5. The van der Waals surface area contributed by atoms with Crippen molar-refractivity contribution in [1.29, 1.82) is 0 Å². The molecule has 0 radical (unpaired) electrons. The molecule has 2 aromatic carbocycles. The maximum atomic E-state index is 13.1. The Balaban J connectivity index is 1.65. The molecule has 0 aromatic heterocycles. The lowest BCUT2D eigenvalue weighted by atomic mass is 10.1. The molecule has 0 atom stereocenters. The highest BCUT2D eigenvalue weighted by Crippen LogP contribution is 2.29. The number of ether oxygens (including phenoxy) is 2. The summed E-state index contributed by atoms with van der Waals surface area (Å²) in [5.74, 6) is 1.38. The molecule has 0 aliphatic carbocycles. The molecule has 5 nitrogen and oxygen atoms in total. The fraction of sp³-hybridized carbons (Fsp3) is 0.435. The molecular weight excluding hydrogens is 352 g/mol. The number of amides is 1. The summed E-state index contributed by atoms with van der Waals surface area (Å²) in [7, 11) is 0. The molecule has 1 heterocycles. The first-order chi connectivity index (χ1) is 13.7. The highest BCUT2D eigenvalue weighted by molar-refractivity contribution is 5.95. The summed E-state index contributed by atoms with van der Waals surface area (Å²) in [6.45, 7) is 9.31. The minimum absolute atomic E-state index is 0.0607. The van der Waals surface area contributed by atoms with Crippen LogP contribution in [0.5, 0.6) is 11.5 Å².